The first kappa shape index (κ1) is 12.0. The van der Waals surface area contributed by atoms with E-state index in [0.717, 1.165) is 10.2 Å². The van der Waals surface area contributed by atoms with E-state index in [0.29, 0.717) is 6.61 Å². The fourth-order valence-electron chi connectivity index (χ4n) is 1.06. The average Bonchev–Trinajstić information content (AvgIpc) is 2.16. The highest BCUT2D eigenvalue weighted by Crippen LogP contribution is 2.16. The Morgan fingerprint density at radius 3 is 2.53 bits per heavy atom. The van der Waals surface area contributed by atoms with Crippen molar-refractivity contribution in [2.75, 3.05) is 6.61 Å². The second-order valence-electron chi connectivity index (χ2n) is 3.18. The summed E-state index contributed by atoms with van der Waals surface area (Å²) in [5.74, 6) is 0.471. The van der Waals surface area contributed by atoms with E-state index in [4.69, 9.17) is 9.47 Å². The van der Waals surface area contributed by atoms with Crippen molar-refractivity contribution in [1.82, 2.24) is 0 Å². The van der Waals surface area contributed by atoms with Crippen LogP contribution in [0.15, 0.2) is 28.7 Å². The van der Waals surface area contributed by atoms with E-state index in [1.54, 1.807) is 6.92 Å². The molecule has 3 nitrogen and oxygen atoms in total. The van der Waals surface area contributed by atoms with Crippen molar-refractivity contribution < 1.29 is 14.3 Å². The van der Waals surface area contributed by atoms with Gasteiger partial charge in [0, 0.05) is 11.4 Å². The maximum atomic E-state index is 10.6. The molecule has 0 heterocycles. The monoisotopic (exact) mass is 272 g/mol. The normalized spacial score (nSPS) is 11.9. The quantitative estimate of drug-likeness (QED) is 0.791. The molecule has 0 unspecified atom stereocenters. The lowest BCUT2D eigenvalue weighted by molar-refractivity contribution is -0.146. The zero-order valence-corrected chi connectivity index (χ0v) is 10.3. The third kappa shape index (κ3) is 4.83. The molecule has 15 heavy (non-hydrogen) atoms. The van der Waals surface area contributed by atoms with Crippen LogP contribution in [0.2, 0.25) is 0 Å². The highest BCUT2D eigenvalue weighted by atomic mass is 79.9. The predicted octanol–water partition coefficient (Wildman–Crippen LogP) is 2.78. The summed E-state index contributed by atoms with van der Waals surface area (Å²) in [5, 5.41) is 0. The third-order valence-corrected chi connectivity index (χ3v) is 2.19. The smallest absolute Gasteiger partial charge is 0.303 e. The molecular weight excluding hydrogens is 260 g/mol. The van der Waals surface area contributed by atoms with E-state index < -0.39 is 0 Å². The van der Waals surface area contributed by atoms with Gasteiger partial charge in [-0.15, -0.1) is 0 Å². The van der Waals surface area contributed by atoms with Gasteiger partial charge < -0.3 is 9.47 Å². The van der Waals surface area contributed by atoms with Gasteiger partial charge in [-0.3, -0.25) is 4.79 Å². The summed E-state index contributed by atoms with van der Waals surface area (Å²) < 4.78 is 11.4. The molecule has 1 atom stereocenters. The van der Waals surface area contributed by atoms with Crippen molar-refractivity contribution in [3.63, 3.8) is 0 Å². The van der Waals surface area contributed by atoms with Crippen LogP contribution in [0.4, 0.5) is 0 Å². The van der Waals surface area contributed by atoms with Crippen LogP contribution < -0.4 is 4.74 Å². The summed E-state index contributed by atoms with van der Waals surface area (Å²) in [7, 11) is 0. The second-order valence-corrected chi connectivity index (χ2v) is 4.10. The minimum atomic E-state index is -0.290. The maximum Gasteiger partial charge on any atom is 0.303 e. The molecule has 1 aromatic rings. The predicted molar refractivity (Wildman–Crippen MR) is 60.9 cm³/mol. The van der Waals surface area contributed by atoms with E-state index in [-0.39, 0.29) is 12.1 Å². The van der Waals surface area contributed by atoms with Gasteiger partial charge in [0.1, 0.15) is 18.5 Å². The minimum Gasteiger partial charge on any atom is -0.490 e. The molecule has 0 N–H and O–H groups in total. The summed E-state index contributed by atoms with van der Waals surface area (Å²) in [6.07, 6.45) is -0.230. The highest BCUT2D eigenvalue weighted by Gasteiger charge is 2.05. The SMILES string of the molecule is CC(=O)O[C@H](C)COc1ccc(Br)cc1. The molecule has 0 fully saturated rings. The summed E-state index contributed by atoms with van der Waals surface area (Å²) in [6.45, 7) is 3.54. The van der Waals surface area contributed by atoms with Crippen LogP contribution in [0.5, 0.6) is 5.75 Å². The molecule has 0 bridgehead atoms. The lowest BCUT2D eigenvalue weighted by atomic mass is 10.3. The Balaban J connectivity index is 2.36. The van der Waals surface area contributed by atoms with Crippen molar-refractivity contribution in [3.8, 4) is 5.75 Å². The number of ether oxygens (including phenoxy) is 2. The minimum absolute atomic E-state index is 0.230. The van der Waals surface area contributed by atoms with Crippen LogP contribution in [-0.4, -0.2) is 18.7 Å². The molecule has 1 aromatic carbocycles. The Bertz CT molecular complexity index is 321. The number of esters is 1. The second kappa shape index (κ2) is 5.75. The molecule has 0 spiro atoms. The van der Waals surface area contributed by atoms with Crippen LogP contribution in [0.1, 0.15) is 13.8 Å². The molecule has 0 aliphatic rings. The van der Waals surface area contributed by atoms with E-state index in [1.807, 2.05) is 24.3 Å². The Morgan fingerprint density at radius 1 is 1.40 bits per heavy atom. The summed E-state index contributed by atoms with van der Waals surface area (Å²) >= 11 is 3.33. The Labute approximate surface area is 97.5 Å². The molecule has 0 radical (unpaired) electrons. The molecule has 0 aromatic heterocycles. The van der Waals surface area contributed by atoms with Gasteiger partial charge in [0.25, 0.3) is 0 Å². The number of benzene rings is 1. The number of hydrogen-bond donors (Lipinski definition) is 0. The van der Waals surface area contributed by atoms with Crippen molar-refractivity contribution >= 4 is 21.9 Å². The molecule has 0 aliphatic carbocycles. The summed E-state index contributed by atoms with van der Waals surface area (Å²) in [5.41, 5.74) is 0. The van der Waals surface area contributed by atoms with Gasteiger partial charge >= 0.3 is 5.97 Å². The van der Waals surface area contributed by atoms with Gasteiger partial charge in [-0.25, -0.2) is 0 Å². The zero-order valence-electron chi connectivity index (χ0n) is 8.70. The Morgan fingerprint density at radius 2 is 2.00 bits per heavy atom. The third-order valence-electron chi connectivity index (χ3n) is 1.67. The first-order valence-electron chi connectivity index (χ1n) is 4.63. The van der Waals surface area contributed by atoms with Gasteiger partial charge in [-0.1, -0.05) is 15.9 Å². The molecule has 4 heteroatoms. The van der Waals surface area contributed by atoms with Gasteiger partial charge in [0.2, 0.25) is 0 Å². The van der Waals surface area contributed by atoms with Crippen molar-refractivity contribution in [3.05, 3.63) is 28.7 Å². The topological polar surface area (TPSA) is 35.5 Å². The number of carbonyl (C=O) groups is 1. The largest absolute Gasteiger partial charge is 0.490 e. The van der Waals surface area contributed by atoms with Crippen LogP contribution in [0.25, 0.3) is 0 Å². The molecule has 1 rings (SSSR count). The van der Waals surface area contributed by atoms with Crippen molar-refractivity contribution in [1.29, 1.82) is 0 Å². The highest BCUT2D eigenvalue weighted by molar-refractivity contribution is 9.10. The molecule has 0 saturated heterocycles. The van der Waals surface area contributed by atoms with Gasteiger partial charge in [0.05, 0.1) is 0 Å². The van der Waals surface area contributed by atoms with Gasteiger partial charge in [0.15, 0.2) is 0 Å². The molecular formula is C11H13BrO3. The lowest BCUT2D eigenvalue weighted by Gasteiger charge is -2.12. The number of hydrogen-bond acceptors (Lipinski definition) is 3. The van der Waals surface area contributed by atoms with Crippen LogP contribution in [0, 0.1) is 0 Å². The molecule has 0 amide bonds. The number of halogens is 1. The molecule has 0 aliphatic heterocycles. The summed E-state index contributed by atoms with van der Waals surface area (Å²) in [6, 6.07) is 7.49. The number of carbonyl (C=O) groups excluding carboxylic acids is 1. The average molecular weight is 273 g/mol. The van der Waals surface area contributed by atoms with Crippen molar-refractivity contribution in [2.24, 2.45) is 0 Å². The Hall–Kier alpha value is -1.03. The maximum absolute atomic E-state index is 10.6. The zero-order chi connectivity index (χ0) is 11.3. The van der Waals surface area contributed by atoms with E-state index >= 15 is 0 Å². The van der Waals surface area contributed by atoms with Crippen LogP contribution >= 0.6 is 15.9 Å². The fourth-order valence-corrected chi connectivity index (χ4v) is 1.33. The first-order chi connectivity index (χ1) is 7.08. The molecule has 82 valence electrons. The van der Waals surface area contributed by atoms with Crippen molar-refractivity contribution in [2.45, 2.75) is 20.0 Å². The standard InChI is InChI=1S/C11H13BrO3/c1-8(15-9(2)13)7-14-11-5-3-10(12)4-6-11/h3-6,8H,7H2,1-2H3/t8-/m1/s1. The Kier molecular flexibility index (Phi) is 4.62. The van der Waals surface area contributed by atoms with Gasteiger partial charge in [-0.05, 0) is 31.2 Å². The van der Waals surface area contributed by atoms with E-state index in [2.05, 4.69) is 15.9 Å². The summed E-state index contributed by atoms with van der Waals surface area (Å²) in [4.78, 5) is 10.6. The van der Waals surface area contributed by atoms with Crippen LogP contribution in [-0.2, 0) is 9.53 Å². The molecule has 0 saturated carbocycles. The first-order valence-corrected chi connectivity index (χ1v) is 5.43. The van der Waals surface area contributed by atoms with E-state index in [9.17, 15) is 4.79 Å². The van der Waals surface area contributed by atoms with Crippen LogP contribution in [0.3, 0.4) is 0 Å². The fraction of sp³-hybridized carbons (Fsp3) is 0.364. The van der Waals surface area contributed by atoms with Gasteiger partial charge in [-0.2, -0.15) is 0 Å². The van der Waals surface area contributed by atoms with E-state index in [1.165, 1.54) is 6.92 Å². The number of rotatable bonds is 4. The lowest BCUT2D eigenvalue weighted by Crippen LogP contribution is -2.20.